The predicted molar refractivity (Wildman–Crippen MR) is 73.4 cm³/mol. The summed E-state index contributed by atoms with van der Waals surface area (Å²) in [6, 6.07) is 4.31. The van der Waals surface area contributed by atoms with E-state index in [0.29, 0.717) is 13.1 Å². The molecule has 1 aromatic rings. The summed E-state index contributed by atoms with van der Waals surface area (Å²) in [5, 5.41) is 5.91. The smallest absolute Gasteiger partial charge is 0.233 e. The second-order valence-corrected chi connectivity index (χ2v) is 6.24. The van der Waals surface area contributed by atoms with Crippen molar-refractivity contribution >= 4 is 17.2 Å². The van der Waals surface area contributed by atoms with Crippen molar-refractivity contribution in [2.75, 3.05) is 13.1 Å². The van der Waals surface area contributed by atoms with E-state index in [2.05, 4.69) is 43.5 Å². The Hall–Kier alpha value is -0.870. The molecule has 0 fully saturated rings. The monoisotopic (exact) mass is 254 g/mol. The summed E-state index contributed by atoms with van der Waals surface area (Å²) in [5.41, 5.74) is 0.211. The molecule has 1 heterocycles. The Kier molecular flexibility index (Phi) is 5.15. The molecule has 1 aromatic heterocycles. The minimum absolute atomic E-state index is 0.0556. The third-order valence-electron chi connectivity index (χ3n) is 2.36. The van der Waals surface area contributed by atoms with Crippen molar-refractivity contribution in [3.63, 3.8) is 0 Å². The minimum atomic E-state index is 0.0556. The maximum atomic E-state index is 11.2. The molecule has 17 heavy (non-hydrogen) atoms. The van der Waals surface area contributed by atoms with Gasteiger partial charge in [-0.05, 0) is 24.5 Å². The molecule has 0 atom stereocenters. The maximum absolute atomic E-state index is 11.2. The Morgan fingerprint density at radius 2 is 2.06 bits per heavy atom. The Morgan fingerprint density at radius 1 is 1.35 bits per heavy atom. The number of hydrogen-bond donors (Lipinski definition) is 2. The molecule has 0 spiro atoms. The van der Waals surface area contributed by atoms with E-state index >= 15 is 0 Å². The second kappa shape index (κ2) is 6.17. The SMILES string of the molecule is CCNC(=O)CNCc1ccc(C(C)(C)C)s1. The Bertz CT molecular complexity index is 366. The number of nitrogens with one attached hydrogen (secondary N) is 2. The second-order valence-electron chi connectivity index (χ2n) is 5.07. The molecular formula is C13H22N2OS. The average Bonchev–Trinajstić information content (AvgIpc) is 2.66. The van der Waals surface area contributed by atoms with Gasteiger partial charge in [-0.25, -0.2) is 0 Å². The summed E-state index contributed by atoms with van der Waals surface area (Å²) >= 11 is 1.81. The predicted octanol–water partition coefficient (Wildman–Crippen LogP) is 2.27. The van der Waals surface area contributed by atoms with Crippen molar-refractivity contribution in [2.45, 2.75) is 39.7 Å². The van der Waals surface area contributed by atoms with E-state index < -0.39 is 0 Å². The van der Waals surface area contributed by atoms with Gasteiger partial charge in [-0.2, -0.15) is 0 Å². The topological polar surface area (TPSA) is 41.1 Å². The van der Waals surface area contributed by atoms with E-state index in [0.717, 1.165) is 6.54 Å². The summed E-state index contributed by atoms with van der Waals surface area (Å²) in [6.45, 7) is 10.4. The molecule has 4 heteroatoms. The Labute approximate surface area is 108 Å². The zero-order valence-corrected chi connectivity index (χ0v) is 11.9. The number of rotatable bonds is 5. The molecule has 0 aliphatic carbocycles. The largest absolute Gasteiger partial charge is 0.355 e. The first-order valence-corrected chi connectivity index (χ1v) is 6.81. The van der Waals surface area contributed by atoms with Crippen LogP contribution in [0.1, 0.15) is 37.4 Å². The molecule has 0 saturated carbocycles. The molecule has 1 rings (SSSR count). The van der Waals surface area contributed by atoms with E-state index in [1.165, 1.54) is 9.75 Å². The lowest BCUT2D eigenvalue weighted by atomic mass is 9.95. The zero-order chi connectivity index (χ0) is 12.9. The third kappa shape index (κ3) is 4.88. The van der Waals surface area contributed by atoms with Gasteiger partial charge >= 0.3 is 0 Å². The van der Waals surface area contributed by atoms with Crippen LogP contribution in [0.5, 0.6) is 0 Å². The van der Waals surface area contributed by atoms with Gasteiger partial charge in [0.1, 0.15) is 0 Å². The zero-order valence-electron chi connectivity index (χ0n) is 11.1. The number of carbonyl (C=O) groups is 1. The van der Waals surface area contributed by atoms with Gasteiger partial charge in [0.2, 0.25) is 5.91 Å². The van der Waals surface area contributed by atoms with Crippen molar-refractivity contribution in [1.29, 1.82) is 0 Å². The molecule has 96 valence electrons. The highest BCUT2D eigenvalue weighted by Gasteiger charge is 2.15. The van der Waals surface area contributed by atoms with Crippen LogP contribution in [0.25, 0.3) is 0 Å². The molecule has 0 radical (unpaired) electrons. The molecule has 3 nitrogen and oxygen atoms in total. The molecule has 0 aliphatic rings. The van der Waals surface area contributed by atoms with Crippen LogP contribution in [0.3, 0.4) is 0 Å². The van der Waals surface area contributed by atoms with Crippen LogP contribution in [-0.2, 0) is 16.8 Å². The van der Waals surface area contributed by atoms with Crippen LogP contribution in [0.2, 0.25) is 0 Å². The lowest BCUT2D eigenvalue weighted by molar-refractivity contribution is -0.120. The van der Waals surface area contributed by atoms with Crippen LogP contribution in [-0.4, -0.2) is 19.0 Å². The van der Waals surface area contributed by atoms with Crippen LogP contribution < -0.4 is 10.6 Å². The van der Waals surface area contributed by atoms with Crippen molar-refractivity contribution in [1.82, 2.24) is 10.6 Å². The summed E-state index contributed by atoms with van der Waals surface area (Å²) in [4.78, 5) is 13.9. The maximum Gasteiger partial charge on any atom is 0.233 e. The van der Waals surface area contributed by atoms with Crippen molar-refractivity contribution in [3.05, 3.63) is 21.9 Å². The number of carbonyl (C=O) groups excluding carboxylic acids is 1. The minimum Gasteiger partial charge on any atom is -0.355 e. The van der Waals surface area contributed by atoms with E-state index in [9.17, 15) is 4.79 Å². The van der Waals surface area contributed by atoms with Gasteiger partial charge in [0.25, 0.3) is 0 Å². The summed E-state index contributed by atoms with van der Waals surface area (Å²) in [6.07, 6.45) is 0. The molecule has 0 aromatic carbocycles. The Morgan fingerprint density at radius 3 is 2.59 bits per heavy atom. The molecule has 0 saturated heterocycles. The van der Waals surface area contributed by atoms with Gasteiger partial charge in [0.15, 0.2) is 0 Å². The lowest BCUT2D eigenvalue weighted by Crippen LogP contribution is -2.33. The lowest BCUT2D eigenvalue weighted by Gasteiger charge is -2.15. The van der Waals surface area contributed by atoms with E-state index in [-0.39, 0.29) is 11.3 Å². The fourth-order valence-corrected chi connectivity index (χ4v) is 2.47. The van der Waals surface area contributed by atoms with Gasteiger partial charge in [-0.15, -0.1) is 11.3 Å². The van der Waals surface area contributed by atoms with Crippen molar-refractivity contribution in [2.24, 2.45) is 0 Å². The van der Waals surface area contributed by atoms with Gasteiger partial charge in [0.05, 0.1) is 6.54 Å². The summed E-state index contributed by atoms with van der Waals surface area (Å²) in [7, 11) is 0. The van der Waals surface area contributed by atoms with Crippen LogP contribution >= 0.6 is 11.3 Å². The number of thiophene rings is 1. The fraction of sp³-hybridized carbons (Fsp3) is 0.615. The van der Waals surface area contributed by atoms with Crippen LogP contribution in [0.15, 0.2) is 12.1 Å². The quantitative estimate of drug-likeness (QED) is 0.846. The van der Waals surface area contributed by atoms with E-state index in [1.54, 1.807) is 0 Å². The third-order valence-corrected chi connectivity index (χ3v) is 3.87. The first kappa shape index (κ1) is 14.2. The summed E-state index contributed by atoms with van der Waals surface area (Å²) in [5.74, 6) is 0.0556. The van der Waals surface area contributed by atoms with Crippen LogP contribution in [0, 0.1) is 0 Å². The first-order chi connectivity index (χ1) is 7.93. The van der Waals surface area contributed by atoms with E-state index in [1.807, 2.05) is 18.3 Å². The molecule has 0 bridgehead atoms. The molecule has 0 unspecified atom stereocenters. The van der Waals surface area contributed by atoms with Crippen molar-refractivity contribution < 1.29 is 4.79 Å². The molecular weight excluding hydrogens is 232 g/mol. The Balaban J connectivity index is 2.38. The highest BCUT2D eigenvalue weighted by atomic mass is 32.1. The van der Waals surface area contributed by atoms with Gasteiger partial charge in [-0.1, -0.05) is 20.8 Å². The van der Waals surface area contributed by atoms with E-state index in [4.69, 9.17) is 0 Å². The number of likely N-dealkylation sites (N-methyl/N-ethyl adjacent to an activating group) is 1. The fourth-order valence-electron chi connectivity index (χ4n) is 1.43. The van der Waals surface area contributed by atoms with Crippen molar-refractivity contribution in [3.8, 4) is 0 Å². The van der Waals surface area contributed by atoms with Gasteiger partial charge in [0, 0.05) is 22.8 Å². The average molecular weight is 254 g/mol. The molecule has 2 N–H and O–H groups in total. The number of hydrogen-bond acceptors (Lipinski definition) is 3. The van der Waals surface area contributed by atoms with Crippen LogP contribution in [0.4, 0.5) is 0 Å². The standard InChI is InChI=1S/C13H22N2OS/c1-5-15-12(16)9-14-8-10-6-7-11(17-10)13(2,3)4/h6-7,14H,5,8-9H2,1-4H3,(H,15,16). The highest BCUT2D eigenvalue weighted by Crippen LogP contribution is 2.29. The normalized spacial score (nSPS) is 11.5. The molecule has 0 aliphatic heterocycles. The summed E-state index contributed by atoms with van der Waals surface area (Å²) < 4.78 is 0. The first-order valence-electron chi connectivity index (χ1n) is 6.00. The van der Waals surface area contributed by atoms with Gasteiger partial charge < -0.3 is 10.6 Å². The highest BCUT2D eigenvalue weighted by molar-refractivity contribution is 7.12. The number of amides is 1. The van der Waals surface area contributed by atoms with Gasteiger partial charge in [-0.3, -0.25) is 4.79 Å². The molecule has 1 amide bonds.